The Balaban J connectivity index is 4.33. The highest BCUT2D eigenvalue weighted by atomic mass is 16.4. The molecule has 0 radical (unpaired) electrons. The minimum atomic E-state index is -1.04. The van der Waals surface area contributed by atoms with E-state index in [1.54, 1.807) is 7.05 Å². The number of hydrogen-bond donors (Lipinski definition) is 1. The molecule has 4 nitrogen and oxygen atoms in total. The molecule has 0 aromatic carbocycles. The van der Waals surface area contributed by atoms with Gasteiger partial charge in [-0.15, -0.1) is 6.42 Å². The number of carbonyl (C=O) groups is 2. The number of carbonyl (C=O) groups excluding carboxylic acids is 1. The molecule has 0 aliphatic rings. The zero-order chi connectivity index (χ0) is 11.4. The van der Waals surface area contributed by atoms with Crippen molar-refractivity contribution in [1.29, 1.82) is 0 Å². The van der Waals surface area contributed by atoms with Crippen LogP contribution in [0, 0.1) is 17.8 Å². The van der Waals surface area contributed by atoms with Gasteiger partial charge in [-0.05, 0) is 13.8 Å². The molecule has 0 aromatic rings. The molecule has 1 amide bonds. The van der Waals surface area contributed by atoms with E-state index in [1.807, 2.05) is 0 Å². The molecule has 0 atom stereocenters. The van der Waals surface area contributed by atoms with Gasteiger partial charge in [0.1, 0.15) is 0 Å². The van der Waals surface area contributed by atoms with Crippen LogP contribution in [0.25, 0.3) is 0 Å². The highest BCUT2D eigenvalue weighted by Gasteiger charge is 2.31. The van der Waals surface area contributed by atoms with Crippen molar-refractivity contribution < 1.29 is 14.7 Å². The predicted molar refractivity (Wildman–Crippen MR) is 52.5 cm³/mol. The maximum atomic E-state index is 11.4. The highest BCUT2D eigenvalue weighted by molar-refractivity contribution is 5.84. The summed E-state index contributed by atoms with van der Waals surface area (Å²) in [5.41, 5.74) is -1.04. The molecule has 0 aliphatic heterocycles. The Hall–Kier alpha value is -1.50. The Kier molecular flexibility index (Phi) is 4.16. The molecular weight excluding hydrogens is 182 g/mol. The number of hydrogen-bond acceptors (Lipinski definition) is 2. The van der Waals surface area contributed by atoms with Crippen LogP contribution < -0.4 is 0 Å². The van der Waals surface area contributed by atoms with Crippen molar-refractivity contribution in [1.82, 2.24) is 4.90 Å². The fourth-order valence-electron chi connectivity index (χ4n) is 0.814. The van der Waals surface area contributed by atoms with E-state index in [4.69, 9.17) is 11.5 Å². The molecular formula is C10H15NO3. The largest absolute Gasteiger partial charge is 0.481 e. The van der Waals surface area contributed by atoms with E-state index >= 15 is 0 Å². The van der Waals surface area contributed by atoms with Crippen molar-refractivity contribution in [2.24, 2.45) is 5.41 Å². The van der Waals surface area contributed by atoms with E-state index < -0.39 is 11.4 Å². The van der Waals surface area contributed by atoms with Gasteiger partial charge in [0.05, 0.1) is 12.0 Å². The van der Waals surface area contributed by atoms with Gasteiger partial charge in [0.15, 0.2) is 0 Å². The van der Waals surface area contributed by atoms with Gasteiger partial charge < -0.3 is 10.0 Å². The zero-order valence-electron chi connectivity index (χ0n) is 8.70. The van der Waals surface area contributed by atoms with Crippen LogP contribution in [-0.2, 0) is 9.59 Å². The van der Waals surface area contributed by atoms with Crippen molar-refractivity contribution >= 4 is 11.9 Å². The van der Waals surface area contributed by atoms with Crippen LogP contribution in [0.5, 0.6) is 0 Å². The number of aliphatic carboxylic acids is 1. The molecule has 14 heavy (non-hydrogen) atoms. The molecule has 78 valence electrons. The second kappa shape index (κ2) is 4.66. The summed E-state index contributed by atoms with van der Waals surface area (Å²) in [4.78, 5) is 23.5. The van der Waals surface area contributed by atoms with Crippen molar-refractivity contribution in [3.8, 4) is 12.3 Å². The van der Waals surface area contributed by atoms with Gasteiger partial charge in [0.2, 0.25) is 5.91 Å². The summed E-state index contributed by atoms with van der Waals surface area (Å²) in [5.74, 6) is 1.08. The molecule has 0 spiro atoms. The third kappa shape index (κ3) is 3.48. The summed E-state index contributed by atoms with van der Waals surface area (Å²) < 4.78 is 0. The SMILES string of the molecule is C#CCN(C)C(=O)CC(C)(C)C(=O)O. The predicted octanol–water partition coefficient (Wildman–Crippen LogP) is 0.579. The fraction of sp³-hybridized carbons (Fsp3) is 0.600. The van der Waals surface area contributed by atoms with Gasteiger partial charge in [-0.2, -0.15) is 0 Å². The first-order valence-electron chi connectivity index (χ1n) is 4.22. The zero-order valence-corrected chi connectivity index (χ0v) is 8.70. The minimum absolute atomic E-state index is 0.0412. The summed E-state index contributed by atoms with van der Waals surface area (Å²) in [6.45, 7) is 3.22. The van der Waals surface area contributed by atoms with E-state index in [1.165, 1.54) is 18.7 Å². The number of nitrogens with zero attached hydrogens (tertiary/aromatic N) is 1. The van der Waals surface area contributed by atoms with Gasteiger partial charge in [-0.1, -0.05) is 5.92 Å². The Bertz CT molecular complexity index is 276. The van der Waals surface area contributed by atoms with Gasteiger partial charge >= 0.3 is 5.97 Å². The third-order valence-electron chi connectivity index (χ3n) is 1.93. The van der Waals surface area contributed by atoms with E-state index in [2.05, 4.69) is 5.92 Å². The molecule has 4 heteroatoms. The van der Waals surface area contributed by atoms with Crippen LogP contribution in [0.3, 0.4) is 0 Å². The van der Waals surface area contributed by atoms with Crippen LogP contribution in [0.4, 0.5) is 0 Å². The molecule has 0 unspecified atom stereocenters. The lowest BCUT2D eigenvalue weighted by molar-refractivity contribution is -0.151. The van der Waals surface area contributed by atoms with E-state index in [-0.39, 0.29) is 18.9 Å². The first-order chi connectivity index (χ1) is 6.31. The van der Waals surface area contributed by atoms with Gasteiger partial charge in [0, 0.05) is 13.5 Å². The molecule has 0 fully saturated rings. The topological polar surface area (TPSA) is 57.6 Å². The third-order valence-corrected chi connectivity index (χ3v) is 1.93. The Labute approximate surface area is 83.9 Å². The Morgan fingerprint density at radius 1 is 1.50 bits per heavy atom. The van der Waals surface area contributed by atoms with E-state index in [9.17, 15) is 9.59 Å². The van der Waals surface area contributed by atoms with Gasteiger partial charge in [-0.25, -0.2) is 0 Å². The lowest BCUT2D eigenvalue weighted by atomic mass is 9.89. The molecule has 0 aromatic heterocycles. The normalized spacial score (nSPS) is 10.4. The summed E-state index contributed by atoms with van der Waals surface area (Å²) in [5, 5.41) is 8.79. The van der Waals surface area contributed by atoms with Gasteiger partial charge in [-0.3, -0.25) is 9.59 Å². The number of amides is 1. The highest BCUT2D eigenvalue weighted by Crippen LogP contribution is 2.21. The molecule has 0 saturated heterocycles. The lowest BCUT2D eigenvalue weighted by Gasteiger charge is -2.21. The number of rotatable bonds is 4. The van der Waals surface area contributed by atoms with E-state index in [0.29, 0.717) is 0 Å². The lowest BCUT2D eigenvalue weighted by Crippen LogP contribution is -2.34. The quantitative estimate of drug-likeness (QED) is 0.671. The summed E-state index contributed by atoms with van der Waals surface area (Å²) in [6, 6.07) is 0. The number of carboxylic acid groups (broad SMARTS) is 1. The number of carboxylic acids is 1. The Morgan fingerprint density at radius 3 is 2.36 bits per heavy atom. The van der Waals surface area contributed by atoms with Crippen LogP contribution in [0.2, 0.25) is 0 Å². The first-order valence-corrected chi connectivity index (χ1v) is 4.22. The summed E-state index contributed by atoms with van der Waals surface area (Å²) in [7, 11) is 1.56. The number of terminal acetylenes is 1. The Morgan fingerprint density at radius 2 is 2.00 bits per heavy atom. The second-order valence-corrected chi connectivity index (χ2v) is 3.82. The molecule has 0 aliphatic carbocycles. The minimum Gasteiger partial charge on any atom is -0.481 e. The van der Waals surface area contributed by atoms with Crippen molar-refractivity contribution in [3.05, 3.63) is 0 Å². The van der Waals surface area contributed by atoms with Crippen molar-refractivity contribution in [2.75, 3.05) is 13.6 Å². The van der Waals surface area contributed by atoms with Crippen molar-refractivity contribution in [3.63, 3.8) is 0 Å². The second-order valence-electron chi connectivity index (χ2n) is 3.82. The summed E-state index contributed by atoms with van der Waals surface area (Å²) in [6.07, 6.45) is 4.99. The van der Waals surface area contributed by atoms with Crippen LogP contribution >= 0.6 is 0 Å². The maximum Gasteiger partial charge on any atom is 0.309 e. The average molecular weight is 197 g/mol. The summed E-state index contributed by atoms with van der Waals surface area (Å²) >= 11 is 0. The molecule has 0 saturated carbocycles. The standard InChI is InChI=1S/C10H15NO3/c1-5-6-11(4)8(12)7-10(2,3)9(13)14/h1H,6-7H2,2-4H3,(H,13,14). The maximum absolute atomic E-state index is 11.4. The van der Waals surface area contributed by atoms with Crippen LogP contribution in [-0.4, -0.2) is 35.5 Å². The fourth-order valence-corrected chi connectivity index (χ4v) is 0.814. The smallest absolute Gasteiger partial charge is 0.309 e. The first kappa shape index (κ1) is 12.5. The van der Waals surface area contributed by atoms with Crippen LogP contribution in [0.1, 0.15) is 20.3 Å². The molecule has 0 rings (SSSR count). The molecule has 0 heterocycles. The average Bonchev–Trinajstić information content (AvgIpc) is 2.03. The molecule has 0 bridgehead atoms. The van der Waals surface area contributed by atoms with E-state index in [0.717, 1.165) is 0 Å². The van der Waals surface area contributed by atoms with Gasteiger partial charge in [0.25, 0.3) is 0 Å². The van der Waals surface area contributed by atoms with Crippen molar-refractivity contribution in [2.45, 2.75) is 20.3 Å². The van der Waals surface area contributed by atoms with Crippen LogP contribution in [0.15, 0.2) is 0 Å². The molecule has 1 N–H and O–H groups in total. The monoisotopic (exact) mass is 197 g/mol.